The summed E-state index contributed by atoms with van der Waals surface area (Å²) in [7, 11) is 0. The molecule has 2 aromatic heterocycles. The number of nitrogens with one attached hydrogen (secondary N) is 2. The van der Waals surface area contributed by atoms with Gasteiger partial charge in [0.05, 0.1) is 12.2 Å². The molecule has 1 saturated heterocycles. The standard InChI is InChI=1S/C15H19N5O/c21-15(12-9-10-3-1-2-4-11(10)18-12)19-14-5-7-16-13-6-8-17-20(13)14/h5-8,10-12,18H,1-4,9H2,(H,19,21). The first-order valence-electron chi connectivity index (χ1n) is 7.67. The molecule has 1 saturated carbocycles. The van der Waals surface area contributed by atoms with E-state index in [0.29, 0.717) is 17.8 Å². The van der Waals surface area contributed by atoms with Gasteiger partial charge in [0, 0.05) is 18.3 Å². The number of fused-ring (bicyclic) bond motifs is 2. The quantitative estimate of drug-likeness (QED) is 0.879. The van der Waals surface area contributed by atoms with Crippen LogP contribution in [0.3, 0.4) is 0 Å². The van der Waals surface area contributed by atoms with Crippen LogP contribution in [0.5, 0.6) is 0 Å². The highest BCUT2D eigenvalue weighted by Gasteiger charge is 2.38. The SMILES string of the molecule is O=C(Nc1ccnc2ccnn12)C1CC2CCCCC2N1. The number of carbonyl (C=O) groups excluding carboxylic acids is 1. The second kappa shape index (κ2) is 5.11. The fourth-order valence-electron chi connectivity index (χ4n) is 3.66. The summed E-state index contributed by atoms with van der Waals surface area (Å²) in [6.07, 6.45) is 9.35. The van der Waals surface area contributed by atoms with E-state index in [0.717, 1.165) is 12.1 Å². The van der Waals surface area contributed by atoms with E-state index in [1.165, 1.54) is 25.7 Å². The number of carbonyl (C=O) groups is 1. The van der Waals surface area contributed by atoms with Crippen molar-refractivity contribution in [2.24, 2.45) is 5.92 Å². The first-order valence-corrected chi connectivity index (χ1v) is 7.67. The van der Waals surface area contributed by atoms with E-state index in [4.69, 9.17) is 0 Å². The molecule has 2 fully saturated rings. The number of rotatable bonds is 2. The maximum Gasteiger partial charge on any atom is 0.242 e. The lowest BCUT2D eigenvalue weighted by Gasteiger charge is -2.24. The molecule has 6 heteroatoms. The molecular weight excluding hydrogens is 266 g/mol. The van der Waals surface area contributed by atoms with E-state index in [1.807, 2.05) is 6.07 Å². The number of hydrogen-bond acceptors (Lipinski definition) is 4. The second-order valence-electron chi connectivity index (χ2n) is 6.03. The zero-order chi connectivity index (χ0) is 14.2. The number of hydrogen-bond donors (Lipinski definition) is 2. The first-order chi connectivity index (χ1) is 10.3. The lowest BCUT2D eigenvalue weighted by atomic mass is 9.85. The van der Waals surface area contributed by atoms with Gasteiger partial charge in [0.15, 0.2) is 5.65 Å². The minimum absolute atomic E-state index is 0.0346. The molecule has 110 valence electrons. The van der Waals surface area contributed by atoms with Crippen molar-refractivity contribution in [1.82, 2.24) is 19.9 Å². The minimum atomic E-state index is -0.0862. The van der Waals surface area contributed by atoms with Gasteiger partial charge in [-0.2, -0.15) is 9.61 Å². The van der Waals surface area contributed by atoms with Gasteiger partial charge in [-0.15, -0.1) is 0 Å². The molecule has 3 unspecified atom stereocenters. The third-order valence-electron chi connectivity index (χ3n) is 4.72. The molecule has 2 aliphatic rings. The van der Waals surface area contributed by atoms with Gasteiger partial charge in [0.25, 0.3) is 0 Å². The number of aromatic nitrogens is 3. The topological polar surface area (TPSA) is 71.3 Å². The average Bonchev–Trinajstić information content (AvgIpc) is 3.14. The van der Waals surface area contributed by atoms with E-state index in [1.54, 1.807) is 23.0 Å². The molecule has 1 amide bonds. The van der Waals surface area contributed by atoms with Gasteiger partial charge >= 0.3 is 0 Å². The Hall–Kier alpha value is -1.95. The summed E-state index contributed by atoms with van der Waals surface area (Å²) in [4.78, 5) is 16.7. The lowest BCUT2D eigenvalue weighted by Crippen LogP contribution is -2.40. The van der Waals surface area contributed by atoms with Crippen molar-refractivity contribution in [3.63, 3.8) is 0 Å². The Kier molecular flexibility index (Phi) is 3.11. The fourth-order valence-corrected chi connectivity index (χ4v) is 3.66. The summed E-state index contributed by atoms with van der Waals surface area (Å²) in [5.74, 6) is 1.37. The van der Waals surface area contributed by atoms with Crippen LogP contribution in [0, 0.1) is 5.92 Å². The van der Waals surface area contributed by atoms with Crippen LogP contribution < -0.4 is 10.6 Å². The summed E-state index contributed by atoms with van der Waals surface area (Å²) in [5.41, 5.74) is 0.737. The lowest BCUT2D eigenvalue weighted by molar-refractivity contribution is -0.117. The summed E-state index contributed by atoms with van der Waals surface area (Å²) < 4.78 is 1.65. The molecule has 0 radical (unpaired) electrons. The zero-order valence-corrected chi connectivity index (χ0v) is 11.8. The van der Waals surface area contributed by atoms with Gasteiger partial charge < -0.3 is 10.6 Å². The minimum Gasteiger partial charge on any atom is -0.309 e. The van der Waals surface area contributed by atoms with Gasteiger partial charge in [-0.25, -0.2) is 4.98 Å². The maximum absolute atomic E-state index is 12.5. The molecule has 2 N–H and O–H groups in total. The Labute approximate surface area is 122 Å². The van der Waals surface area contributed by atoms with E-state index >= 15 is 0 Å². The Morgan fingerprint density at radius 3 is 3.10 bits per heavy atom. The van der Waals surface area contributed by atoms with Crippen molar-refractivity contribution in [2.75, 3.05) is 5.32 Å². The zero-order valence-electron chi connectivity index (χ0n) is 11.8. The van der Waals surface area contributed by atoms with Gasteiger partial charge in [-0.05, 0) is 31.2 Å². The first kappa shape index (κ1) is 12.8. The molecular formula is C15H19N5O. The number of amides is 1. The molecule has 21 heavy (non-hydrogen) atoms. The highest BCUT2D eigenvalue weighted by molar-refractivity contribution is 5.94. The van der Waals surface area contributed by atoms with Gasteiger partial charge in [0.1, 0.15) is 5.82 Å². The van der Waals surface area contributed by atoms with Crippen molar-refractivity contribution < 1.29 is 4.79 Å². The van der Waals surface area contributed by atoms with Crippen molar-refractivity contribution in [1.29, 1.82) is 0 Å². The number of anilines is 1. The fraction of sp³-hybridized carbons (Fsp3) is 0.533. The van der Waals surface area contributed by atoms with E-state index in [-0.39, 0.29) is 11.9 Å². The molecule has 2 aromatic rings. The van der Waals surface area contributed by atoms with Crippen LogP contribution >= 0.6 is 0 Å². The largest absolute Gasteiger partial charge is 0.309 e. The van der Waals surface area contributed by atoms with Crippen LogP contribution in [0.2, 0.25) is 0 Å². The Morgan fingerprint density at radius 2 is 2.19 bits per heavy atom. The third kappa shape index (κ3) is 2.29. The molecule has 6 nitrogen and oxygen atoms in total. The predicted octanol–water partition coefficient (Wildman–Crippen LogP) is 1.59. The van der Waals surface area contributed by atoms with Crippen LogP contribution in [-0.2, 0) is 4.79 Å². The van der Waals surface area contributed by atoms with Crippen LogP contribution in [0.25, 0.3) is 5.65 Å². The predicted molar refractivity (Wildman–Crippen MR) is 78.9 cm³/mol. The van der Waals surface area contributed by atoms with E-state index < -0.39 is 0 Å². The van der Waals surface area contributed by atoms with E-state index in [2.05, 4.69) is 20.7 Å². The summed E-state index contributed by atoms with van der Waals surface area (Å²) in [6, 6.07) is 4.03. The van der Waals surface area contributed by atoms with Gasteiger partial charge in [0.2, 0.25) is 5.91 Å². The smallest absolute Gasteiger partial charge is 0.242 e. The van der Waals surface area contributed by atoms with Crippen LogP contribution in [0.4, 0.5) is 5.82 Å². The summed E-state index contributed by atoms with van der Waals surface area (Å²) >= 11 is 0. The van der Waals surface area contributed by atoms with Crippen LogP contribution in [0.15, 0.2) is 24.5 Å². The monoisotopic (exact) mass is 285 g/mol. The average molecular weight is 285 g/mol. The molecule has 3 heterocycles. The van der Waals surface area contributed by atoms with Crippen LogP contribution in [0.1, 0.15) is 32.1 Å². The van der Waals surface area contributed by atoms with E-state index in [9.17, 15) is 4.79 Å². The Balaban J connectivity index is 1.50. The van der Waals surface area contributed by atoms with Gasteiger partial charge in [-0.1, -0.05) is 12.8 Å². The molecule has 1 aliphatic heterocycles. The molecule has 0 bridgehead atoms. The normalized spacial score (nSPS) is 28.5. The molecule has 0 spiro atoms. The summed E-state index contributed by atoms with van der Waals surface area (Å²) in [5, 5.41) is 10.7. The highest BCUT2D eigenvalue weighted by atomic mass is 16.2. The van der Waals surface area contributed by atoms with Crippen molar-refractivity contribution in [2.45, 2.75) is 44.2 Å². The number of nitrogens with zero attached hydrogens (tertiary/aromatic N) is 3. The highest BCUT2D eigenvalue weighted by Crippen LogP contribution is 2.33. The molecule has 1 aliphatic carbocycles. The van der Waals surface area contributed by atoms with Gasteiger partial charge in [-0.3, -0.25) is 4.79 Å². The van der Waals surface area contributed by atoms with Crippen molar-refractivity contribution >= 4 is 17.4 Å². The molecule has 3 atom stereocenters. The van der Waals surface area contributed by atoms with Crippen LogP contribution in [-0.4, -0.2) is 32.6 Å². The van der Waals surface area contributed by atoms with Crippen molar-refractivity contribution in [3.8, 4) is 0 Å². The van der Waals surface area contributed by atoms with Crippen molar-refractivity contribution in [3.05, 3.63) is 24.5 Å². The molecule has 0 aromatic carbocycles. The maximum atomic E-state index is 12.5. The Morgan fingerprint density at radius 1 is 1.29 bits per heavy atom. The Bertz CT molecular complexity index is 653. The molecule has 4 rings (SSSR count). The third-order valence-corrected chi connectivity index (χ3v) is 4.72. The summed E-state index contributed by atoms with van der Waals surface area (Å²) in [6.45, 7) is 0. The second-order valence-corrected chi connectivity index (χ2v) is 6.03.